The number of carboxylic acid groups (broad SMARTS) is 1. The second-order valence-electron chi connectivity index (χ2n) is 8.08. The highest BCUT2D eigenvalue weighted by Gasteiger charge is 2.49. The third-order valence-corrected chi connectivity index (χ3v) is 5.66. The lowest BCUT2D eigenvalue weighted by Crippen LogP contribution is -2.39. The maximum Gasteiger partial charge on any atom is 0.490 e. The van der Waals surface area contributed by atoms with Crippen molar-refractivity contribution in [2.45, 2.75) is 51.5 Å². The molecule has 12 heteroatoms. The number of carboxylic acids is 1. The molecule has 3 N–H and O–H groups in total. The molecule has 1 atom stereocenters. The Morgan fingerprint density at radius 1 is 1.33 bits per heavy atom. The summed E-state index contributed by atoms with van der Waals surface area (Å²) in [5, 5.41) is 13.3. The minimum Gasteiger partial charge on any atom is -0.490 e. The zero-order chi connectivity index (χ0) is 24.8. The summed E-state index contributed by atoms with van der Waals surface area (Å²) in [7, 11) is 0. The van der Waals surface area contributed by atoms with E-state index < -0.39 is 12.1 Å². The maximum absolute atomic E-state index is 12.6. The van der Waals surface area contributed by atoms with Gasteiger partial charge in [0.05, 0.1) is 23.6 Å². The monoisotopic (exact) mass is 538 g/mol. The summed E-state index contributed by atoms with van der Waals surface area (Å²) in [5.41, 5.74) is 0.104. The molecule has 1 amide bonds. The first kappa shape index (κ1) is 26.9. The predicted molar refractivity (Wildman–Crippen MR) is 115 cm³/mol. The number of carbonyl (C=O) groups is 3. The zero-order valence-corrected chi connectivity index (χ0v) is 19.7. The molecule has 0 bridgehead atoms. The molecule has 2 aliphatic rings. The fraction of sp³-hybridized carbons (Fsp3) is 0.571. The molecule has 0 radical (unpaired) electrons. The third kappa shape index (κ3) is 7.60. The molecule has 0 aliphatic carbocycles. The van der Waals surface area contributed by atoms with Crippen LogP contribution in [0, 0.1) is 5.41 Å². The number of nitrogens with one attached hydrogen (secondary N) is 2. The van der Waals surface area contributed by atoms with Gasteiger partial charge in [0, 0.05) is 10.9 Å². The van der Waals surface area contributed by atoms with Gasteiger partial charge < -0.3 is 25.2 Å². The average molecular weight is 539 g/mol. The van der Waals surface area contributed by atoms with Gasteiger partial charge in [-0.15, -0.1) is 0 Å². The highest BCUT2D eigenvalue weighted by molar-refractivity contribution is 9.10. The van der Waals surface area contributed by atoms with E-state index >= 15 is 0 Å². The van der Waals surface area contributed by atoms with Crippen LogP contribution >= 0.6 is 15.9 Å². The van der Waals surface area contributed by atoms with Crippen LogP contribution in [0.2, 0.25) is 0 Å². The van der Waals surface area contributed by atoms with E-state index in [1.54, 1.807) is 12.1 Å². The van der Waals surface area contributed by atoms with Crippen molar-refractivity contribution in [2.24, 2.45) is 5.41 Å². The lowest BCUT2D eigenvalue weighted by molar-refractivity contribution is -0.192. The quantitative estimate of drug-likeness (QED) is 0.493. The molecule has 0 aromatic heterocycles. The number of cyclic esters (lactones) is 1. The Morgan fingerprint density at radius 3 is 2.48 bits per heavy atom. The van der Waals surface area contributed by atoms with Gasteiger partial charge in [-0.3, -0.25) is 9.59 Å². The van der Waals surface area contributed by atoms with E-state index in [-0.39, 0.29) is 29.5 Å². The van der Waals surface area contributed by atoms with Crippen molar-refractivity contribution in [3.05, 3.63) is 28.2 Å². The number of carbonyl (C=O) groups excluding carboxylic acids is 2. The molecule has 2 fully saturated rings. The van der Waals surface area contributed by atoms with Crippen LogP contribution < -0.4 is 15.4 Å². The number of alkyl halides is 3. The van der Waals surface area contributed by atoms with Crippen LogP contribution in [0.5, 0.6) is 5.75 Å². The van der Waals surface area contributed by atoms with Crippen LogP contribution in [0.25, 0.3) is 0 Å². The second-order valence-corrected chi connectivity index (χ2v) is 9.00. The number of esters is 1. The predicted octanol–water partition coefficient (Wildman–Crippen LogP) is 3.28. The number of amides is 1. The summed E-state index contributed by atoms with van der Waals surface area (Å²) in [5.74, 6) is -2.57. The van der Waals surface area contributed by atoms with E-state index in [0.717, 1.165) is 30.4 Å². The number of benzene rings is 1. The summed E-state index contributed by atoms with van der Waals surface area (Å²) in [4.78, 5) is 33.8. The van der Waals surface area contributed by atoms with E-state index in [2.05, 4.69) is 26.6 Å². The van der Waals surface area contributed by atoms with Gasteiger partial charge in [0.25, 0.3) is 5.91 Å². The lowest BCUT2D eigenvalue weighted by atomic mass is 9.76. The standard InChI is InChI=1S/C19H25BrN2O4.C2HF3O2/c1-12(2)25-16-9-13(20)3-4-15(16)17(23)22-11-14-10-19(18(24)26-14)5-7-21-8-6-19;3-2(4,5)1(6)7/h3-4,9,12,14,21H,5-8,10-11H2,1-2H3,(H,22,23);(H,6,7). The van der Waals surface area contributed by atoms with Gasteiger partial charge in [0.2, 0.25) is 0 Å². The summed E-state index contributed by atoms with van der Waals surface area (Å²) >= 11 is 3.40. The first-order valence-corrected chi connectivity index (χ1v) is 11.1. The fourth-order valence-corrected chi connectivity index (χ4v) is 3.94. The molecule has 2 heterocycles. The van der Waals surface area contributed by atoms with Crippen molar-refractivity contribution in [1.82, 2.24) is 10.6 Å². The minimum absolute atomic E-state index is 0.0357. The SMILES string of the molecule is CC(C)Oc1cc(Br)ccc1C(=O)NCC1CC2(CCNCC2)C(=O)O1.O=C(O)C(F)(F)F. The summed E-state index contributed by atoms with van der Waals surface area (Å²) in [6, 6.07) is 5.32. The van der Waals surface area contributed by atoms with E-state index in [1.807, 2.05) is 19.9 Å². The Morgan fingerprint density at radius 2 is 1.94 bits per heavy atom. The Labute approximate surface area is 197 Å². The van der Waals surface area contributed by atoms with Gasteiger partial charge in [0.1, 0.15) is 11.9 Å². The molecule has 184 valence electrons. The van der Waals surface area contributed by atoms with Crippen LogP contribution in [-0.2, 0) is 14.3 Å². The third-order valence-electron chi connectivity index (χ3n) is 5.17. The molecule has 2 saturated heterocycles. The van der Waals surface area contributed by atoms with E-state index in [0.29, 0.717) is 24.3 Å². The van der Waals surface area contributed by atoms with Gasteiger partial charge in [-0.1, -0.05) is 15.9 Å². The first-order valence-electron chi connectivity index (χ1n) is 10.3. The zero-order valence-electron chi connectivity index (χ0n) is 18.1. The number of aliphatic carboxylic acids is 1. The number of ether oxygens (including phenoxy) is 2. The normalized spacial score (nSPS) is 19.5. The number of halogens is 4. The first-order chi connectivity index (χ1) is 15.3. The molecular weight excluding hydrogens is 513 g/mol. The summed E-state index contributed by atoms with van der Waals surface area (Å²) in [6.45, 7) is 5.82. The average Bonchev–Trinajstić information content (AvgIpc) is 3.01. The minimum atomic E-state index is -5.08. The van der Waals surface area contributed by atoms with Crippen LogP contribution in [0.15, 0.2) is 22.7 Å². The molecule has 33 heavy (non-hydrogen) atoms. The van der Waals surface area contributed by atoms with Gasteiger partial charge in [-0.05, 0) is 58.0 Å². The molecule has 3 rings (SSSR count). The van der Waals surface area contributed by atoms with Gasteiger partial charge in [-0.2, -0.15) is 13.2 Å². The topological polar surface area (TPSA) is 114 Å². The van der Waals surface area contributed by atoms with Crippen molar-refractivity contribution < 1.29 is 42.1 Å². The largest absolute Gasteiger partial charge is 0.490 e. The van der Waals surface area contributed by atoms with E-state index in [1.165, 1.54) is 0 Å². The molecular formula is C21H26BrF3N2O6. The molecule has 0 saturated carbocycles. The summed E-state index contributed by atoms with van der Waals surface area (Å²) < 4.78 is 43.9. The maximum atomic E-state index is 12.6. The van der Waals surface area contributed by atoms with Crippen molar-refractivity contribution in [3.63, 3.8) is 0 Å². The van der Waals surface area contributed by atoms with Crippen LogP contribution in [0.3, 0.4) is 0 Å². The number of rotatable bonds is 5. The van der Waals surface area contributed by atoms with Crippen molar-refractivity contribution in [1.29, 1.82) is 0 Å². The van der Waals surface area contributed by atoms with Gasteiger partial charge in [0.15, 0.2) is 0 Å². The second kappa shape index (κ2) is 11.2. The van der Waals surface area contributed by atoms with Gasteiger partial charge in [-0.25, -0.2) is 4.79 Å². The Balaban J connectivity index is 0.000000479. The fourth-order valence-electron chi connectivity index (χ4n) is 3.60. The smallest absolute Gasteiger partial charge is 0.490 e. The Kier molecular flexibility index (Phi) is 9.12. The molecule has 2 aliphatic heterocycles. The van der Waals surface area contributed by atoms with Crippen molar-refractivity contribution in [2.75, 3.05) is 19.6 Å². The number of hydrogen-bond donors (Lipinski definition) is 3. The van der Waals surface area contributed by atoms with Crippen LogP contribution in [-0.4, -0.2) is 61.0 Å². The van der Waals surface area contributed by atoms with Crippen molar-refractivity contribution in [3.8, 4) is 5.75 Å². The summed E-state index contributed by atoms with van der Waals surface area (Å²) in [6.07, 6.45) is -3.12. The van der Waals surface area contributed by atoms with Crippen molar-refractivity contribution >= 4 is 33.8 Å². The number of piperidine rings is 1. The Bertz CT molecular complexity index is 872. The van der Waals surface area contributed by atoms with E-state index in [9.17, 15) is 22.8 Å². The Hall–Kier alpha value is -2.34. The molecule has 1 aromatic carbocycles. The molecule has 1 spiro atoms. The van der Waals surface area contributed by atoms with Crippen LogP contribution in [0.1, 0.15) is 43.5 Å². The van der Waals surface area contributed by atoms with E-state index in [4.69, 9.17) is 19.4 Å². The number of hydrogen-bond acceptors (Lipinski definition) is 6. The van der Waals surface area contributed by atoms with Gasteiger partial charge >= 0.3 is 18.1 Å². The molecule has 1 unspecified atom stereocenters. The molecule has 1 aromatic rings. The lowest BCUT2D eigenvalue weighted by Gasteiger charge is -2.29. The highest BCUT2D eigenvalue weighted by Crippen LogP contribution is 2.41. The van der Waals surface area contributed by atoms with Crippen LogP contribution in [0.4, 0.5) is 13.2 Å². The highest BCUT2D eigenvalue weighted by atomic mass is 79.9. The molecule has 8 nitrogen and oxygen atoms in total.